The van der Waals surface area contributed by atoms with Crippen molar-refractivity contribution in [1.29, 1.82) is 0 Å². The lowest BCUT2D eigenvalue weighted by Crippen LogP contribution is -2.12. The lowest BCUT2D eigenvalue weighted by molar-refractivity contribution is 0.314. The Balaban J connectivity index is 1.67. The third-order valence-electron chi connectivity index (χ3n) is 4.70. The molecule has 4 atom stereocenters. The molecule has 0 N–H and O–H groups in total. The van der Waals surface area contributed by atoms with E-state index >= 15 is 0 Å². The zero-order chi connectivity index (χ0) is 12.7. The van der Waals surface area contributed by atoms with Crippen molar-refractivity contribution in [2.45, 2.75) is 36.9 Å². The van der Waals surface area contributed by atoms with Gasteiger partial charge in [-0.15, -0.1) is 0 Å². The molecule has 3 heteroatoms. The summed E-state index contributed by atoms with van der Waals surface area (Å²) in [4.78, 5) is 0.150. The smallest absolute Gasteiger partial charge is 0.159 e. The van der Waals surface area contributed by atoms with Gasteiger partial charge >= 0.3 is 0 Å². The van der Waals surface area contributed by atoms with Gasteiger partial charge < -0.3 is 0 Å². The minimum Gasteiger partial charge on any atom is -0.204 e. The summed E-state index contributed by atoms with van der Waals surface area (Å²) in [7, 11) is 0. The van der Waals surface area contributed by atoms with Gasteiger partial charge in [0.1, 0.15) is 0 Å². The van der Waals surface area contributed by atoms with Crippen molar-refractivity contribution in [2.75, 3.05) is 0 Å². The predicted molar refractivity (Wildman–Crippen MR) is 71.6 cm³/mol. The molecule has 0 aliphatic heterocycles. The second kappa shape index (κ2) is 4.92. The Labute approximate surface area is 115 Å². The molecule has 0 aromatic heterocycles. The molecule has 1 aromatic carbocycles. The molecular formula is C15H17BrF2. The Morgan fingerprint density at radius 1 is 1.17 bits per heavy atom. The van der Waals surface area contributed by atoms with Gasteiger partial charge in [-0.1, -0.05) is 28.4 Å². The van der Waals surface area contributed by atoms with Gasteiger partial charge in [-0.25, -0.2) is 8.78 Å². The summed E-state index contributed by atoms with van der Waals surface area (Å²) in [5.41, 5.74) is 0.858. The molecule has 2 bridgehead atoms. The van der Waals surface area contributed by atoms with Crippen molar-refractivity contribution in [1.82, 2.24) is 0 Å². The molecule has 0 radical (unpaired) electrons. The molecule has 2 aliphatic rings. The highest BCUT2D eigenvalue weighted by Crippen LogP contribution is 2.51. The van der Waals surface area contributed by atoms with Gasteiger partial charge in [0.25, 0.3) is 0 Å². The van der Waals surface area contributed by atoms with Crippen molar-refractivity contribution in [3.8, 4) is 0 Å². The highest BCUT2D eigenvalue weighted by atomic mass is 79.9. The number of rotatable bonds is 3. The number of benzene rings is 1. The largest absolute Gasteiger partial charge is 0.204 e. The first-order valence-corrected chi connectivity index (χ1v) is 7.64. The van der Waals surface area contributed by atoms with E-state index in [1.807, 2.05) is 0 Å². The lowest BCUT2D eigenvalue weighted by atomic mass is 9.84. The molecule has 4 unspecified atom stereocenters. The molecule has 0 nitrogen and oxygen atoms in total. The maximum Gasteiger partial charge on any atom is 0.159 e. The van der Waals surface area contributed by atoms with Crippen LogP contribution in [0.3, 0.4) is 0 Å². The van der Waals surface area contributed by atoms with Crippen LogP contribution >= 0.6 is 15.9 Å². The van der Waals surface area contributed by atoms with Crippen LogP contribution in [-0.4, -0.2) is 0 Å². The van der Waals surface area contributed by atoms with Crippen LogP contribution in [0.5, 0.6) is 0 Å². The van der Waals surface area contributed by atoms with Crippen molar-refractivity contribution in [2.24, 2.45) is 17.8 Å². The third-order valence-corrected chi connectivity index (χ3v) is 5.60. The van der Waals surface area contributed by atoms with Gasteiger partial charge in [-0.2, -0.15) is 0 Å². The highest BCUT2D eigenvalue weighted by Gasteiger charge is 2.39. The molecular weight excluding hydrogens is 298 g/mol. The van der Waals surface area contributed by atoms with E-state index in [0.717, 1.165) is 29.7 Å². The van der Waals surface area contributed by atoms with Gasteiger partial charge in [0.2, 0.25) is 0 Å². The average Bonchev–Trinajstić information content (AvgIpc) is 2.94. The standard InChI is InChI=1S/C15H17BrF2/c16-13(11-3-4-14(17)15(18)8-11)7-12-6-9-1-2-10(12)5-9/h3-4,8-10,12-13H,1-2,5-7H2. The summed E-state index contributed by atoms with van der Waals surface area (Å²) in [6.45, 7) is 0. The SMILES string of the molecule is Fc1ccc(C(Br)CC2CC3CCC2C3)cc1F. The number of fused-ring (bicyclic) bond motifs is 2. The first kappa shape index (κ1) is 12.6. The third kappa shape index (κ3) is 2.34. The fourth-order valence-electron chi connectivity index (χ4n) is 3.77. The van der Waals surface area contributed by atoms with E-state index in [4.69, 9.17) is 0 Å². The summed E-state index contributed by atoms with van der Waals surface area (Å²) in [6, 6.07) is 4.23. The summed E-state index contributed by atoms with van der Waals surface area (Å²) >= 11 is 3.64. The first-order chi connectivity index (χ1) is 8.63. The van der Waals surface area contributed by atoms with Crippen LogP contribution in [0.4, 0.5) is 8.78 Å². The Morgan fingerprint density at radius 3 is 2.61 bits per heavy atom. The van der Waals surface area contributed by atoms with E-state index < -0.39 is 11.6 Å². The fourth-order valence-corrected chi connectivity index (χ4v) is 4.54. The molecule has 98 valence electrons. The average molecular weight is 315 g/mol. The molecule has 2 saturated carbocycles. The Bertz CT molecular complexity index is 446. The molecule has 0 spiro atoms. The Morgan fingerprint density at radius 2 is 2.00 bits per heavy atom. The molecule has 2 aliphatic carbocycles. The fraction of sp³-hybridized carbons (Fsp3) is 0.600. The molecule has 18 heavy (non-hydrogen) atoms. The second-order valence-corrected chi connectivity index (χ2v) is 6.92. The molecule has 3 rings (SSSR count). The first-order valence-electron chi connectivity index (χ1n) is 6.72. The van der Waals surface area contributed by atoms with Crippen molar-refractivity contribution in [3.63, 3.8) is 0 Å². The number of hydrogen-bond donors (Lipinski definition) is 0. The Hall–Kier alpha value is -0.440. The number of hydrogen-bond acceptors (Lipinski definition) is 0. The summed E-state index contributed by atoms with van der Waals surface area (Å²) in [5, 5.41) is 0. The molecule has 2 fully saturated rings. The van der Waals surface area contributed by atoms with E-state index in [0.29, 0.717) is 0 Å². The summed E-state index contributed by atoms with van der Waals surface area (Å²) in [5.74, 6) is 1.06. The van der Waals surface area contributed by atoms with Crippen molar-refractivity contribution >= 4 is 15.9 Å². The van der Waals surface area contributed by atoms with E-state index in [1.165, 1.54) is 37.8 Å². The quantitative estimate of drug-likeness (QED) is 0.670. The lowest BCUT2D eigenvalue weighted by Gasteiger charge is -2.24. The van der Waals surface area contributed by atoms with Crippen molar-refractivity contribution < 1.29 is 8.78 Å². The summed E-state index contributed by atoms with van der Waals surface area (Å²) in [6.07, 6.45) is 6.54. The van der Waals surface area contributed by atoms with Gasteiger partial charge in [-0.05, 0) is 61.1 Å². The van der Waals surface area contributed by atoms with Gasteiger partial charge in [0.15, 0.2) is 11.6 Å². The number of alkyl halides is 1. The van der Waals surface area contributed by atoms with Crippen LogP contribution < -0.4 is 0 Å². The van der Waals surface area contributed by atoms with Crippen LogP contribution in [-0.2, 0) is 0 Å². The van der Waals surface area contributed by atoms with E-state index in [-0.39, 0.29) is 4.83 Å². The highest BCUT2D eigenvalue weighted by molar-refractivity contribution is 9.09. The van der Waals surface area contributed by atoms with Gasteiger partial charge in [-0.3, -0.25) is 0 Å². The van der Waals surface area contributed by atoms with Crippen LogP contribution in [0.1, 0.15) is 42.5 Å². The monoisotopic (exact) mass is 314 g/mol. The van der Waals surface area contributed by atoms with E-state index in [2.05, 4.69) is 15.9 Å². The van der Waals surface area contributed by atoms with Crippen LogP contribution in [0, 0.1) is 29.4 Å². The number of halogens is 3. The second-order valence-electron chi connectivity index (χ2n) is 5.81. The van der Waals surface area contributed by atoms with Crippen LogP contribution in [0.25, 0.3) is 0 Å². The maximum atomic E-state index is 13.2. The predicted octanol–water partition coefficient (Wildman–Crippen LogP) is 5.23. The maximum absolute atomic E-state index is 13.2. The van der Waals surface area contributed by atoms with E-state index in [9.17, 15) is 8.78 Å². The summed E-state index contributed by atoms with van der Waals surface area (Å²) < 4.78 is 26.1. The van der Waals surface area contributed by atoms with E-state index in [1.54, 1.807) is 6.07 Å². The molecule has 0 saturated heterocycles. The molecule has 1 aromatic rings. The topological polar surface area (TPSA) is 0 Å². The normalized spacial score (nSPS) is 31.8. The minimum atomic E-state index is -0.765. The van der Waals surface area contributed by atoms with Gasteiger partial charge in [0.05, 0.1) is 0 Å². The molecule has 0 heterocycles. The Kier molecular flexibility index (Phi) is 3.44. The zero-order valence-corrected chi connectivity index (χ0v) is 11.8. The zero-order valence-electron chi connectivity index (χ0n) is 10.2. The van der Waals surface area contributed by atoms with Crippen molar-refractivity contribution in [3.05, 3.63) is 35.4 Å². The van der Waals surface area contributed by atoms with Gasteiger partial charge in [0, 0.05) is 4.83 Å². The van der Waals surface area contributed by atoms with Crippen LogP contribution in [0.15, 0.2) is 18.2 Å². The van der Waals surface area contributed by atoms with Crippen LogP contribution in [0.2, 0.25) is 0 Å². The minimum absolute atomic E-state index is 0.150. The molecule has 0 amide bonds.